The van der Waals surface area contributed by atoms with E-state index in [0.29, 0.717) is 5.78 Å². The lowest BCUT2D eigenvalue weighted by atomic mass is 9.97. The van der Waals surface area contributed by atoms with Crippen molar-refractivity contribution in [2.45, 2.75) is 44.9 Å². The van der Waals surface area contributed by atoms with E-state index in [1.165, 1.54) is 38.5 Å². The van der Waals surface area contributed by atoms with Crippen molar-refractivity contribution in [3.05, 3.63) is 0 Å². The minimum Gasteiger partial charge on any atom is -0.299 e. The maximum Gasteiger partial charge on any atom is 0.140 e. The van der Waals surface area contributed by atoms with Crippen LogP contribution in [0, 0.1) is 5.41 Å². The van der Waals surface area contributed by atoms with Crippen LogP contribution in [0.25, 0.3) is 0 Å². The van der Waals surface area contributed by atoms with Crippen LogP contribution < -0.4 is 0 Å². The molecule has 0 saturated heterocycles. The molecule has 2 rings (SSSR count). The molecule has 0 bridgehead atoms. The second-order valence-electron chi connectivity index (χ2n) is 3.79. The van der Waals surface area contributed by atoms with Crippen molar-refractivity contribution in [2.75, 3.05) is 0 Å². The fourth-order valence-electron chi connectivity index (χ4n) is 2.12. The van der Waals surface area contributed by atoms with Crippen molar-refractivity contribution in [3.63, 3.8) is 0 Å². The van der Waals surface area contributed by atoms with E-state index >= 15 is 0 Å². The fraction of sp³-hybridized carbons (Fsp3) is 0.889. The zero-order chi connectivity index (χ0) is 7.03. The van der Waals surface area contributed by atoms with Gasteiger partial charge in [-0.05, 0) is 12.8 Å². The van der Waals surface area contributed by atoms with Crippen molar-refractivity contribution >= 4 is 5.78 Å². The van der Waals surface area contributed by atoms with Crippen LogP contribution in [0.4, 0.5) is 0 Å². The fourth-order valence-corrected chi connectivity index (χ4v) is 2.12. The molecule has 0 aliphatic heterocycles. The minimum atomic E-state index is 0.233. The third-order valence-electron chi connectivity index (χ3n) is 3.03. The maximum absolute atomic E-state index is 11.0. The van der Waals surface area contributed by atoms with Crippen LogP contribution in [0.3, 0.4) is 0 Å². The molecule has 0 atom stereocenters. The Morgan fingerprint density at radius 3 is 1.90 bits per heavy atom. The first kappa shape index (κ1) is 6.38. The van der Waals surface area contributed by atoms with E-state index in [1.807, 2.05) is 0 Å². The molecule has 0 aromatic rings. The number of hydrogen-bond acceptors (Lipinski definition) is 1. The Morgan fingerprint density at radius 1 is 1.00 bits per heavy atom. The average Bonchev–Trinajstić information content (AvgIpc) is 2.60. The highest BCUT2D eigenvalue weighted by Crippen LogP contribution is 2.51. The smallest absolute Gasteiger partial charge is 0.140 e. The lowest BCUT2D eigenvalue weighted by molar-refractivity contribution is -0.113. The monoisotopic (exact) mass is 138 g/mol. The van der Waals surface area contributed by atoms with Gasteiger partial charge in [0.2, 0.25) is 0 Å². The van der Waals surface area contributed by atoms with Crippen LogP contribution in [0.2, 0.25) is 0 Å². The Hall–Kier alpha value is -0.330. The Morgan fingerprint density at radius 2 is 1.50 bits per heavy atom. The summed E-state index contributed by atoms with van der Waals surface area (Å²) in [6.45, 7) is 0. The largest absolute Gasteiger partial charge is 0.299 e. The molecular formula is C9H14O. The summed E-state index contributed by atoms with van der Waals surface area (Å²) in [4.78, 5) is 11.0. The molecule has 0 N–H and O–H groups in total. The minimum absolute atomic E-state index is 0.233. The molecule has 0 aromatic carbocycles. The molecule has 0 amide bonds. The maximum atomic E-state index is 11.0. The molecule has 2 fully saturated rings. The van der Waals surface area contributed by atoms with Crippen molar-refractivity contribution < 1.29 is 4.79 Å². The van der Waals surface area contributed by atoms with Gasteiger partial charge in [-0.2, -0.15) is 0 Å². The zero-order valence-electron chi connectivity index (χ0n) is 6.36. The van der Waals surface area contributed by atoms with Gasteiger partial charge in [0.25, 0.3) is 0 Å². The Bertz CT molecular complexity index is 152. The number of rotatable bonds is 0. The van der Waals surface area contributed by atoms with E-state index in [-0.39, 0.29) is 5.41 Å². The molecule has 0 heterocycles. The van der Waals surface area contributed by atoms with Gasteiger partial charge < -0.3 is 0 Å². The first-order valence-electron chi connectivity index (χ1n) is 4.37. The molecule has 0 aromatic heterocycles. The summed E-state index contributed by atoms with van der Waals surface area (Å²) < 4.78 is 0. The van der Waals surface area contributed by atoms with Crippen LogP contribution in [0.15, 0.2) is 0 Å². The van der Waals surface area contributed by atoms with Crippen molar-refractivity contribution in [2.24, 2.45) is 5.41 Å². The first-order valence-corrected chi connectivity index (χ1v) is 4.37. The summed E-state index contributed by atoms with van der Waals surface area (Å²) in [6.07, 6.45) is 8.62. The molecule has 10 heavy (non-hydrogen) atoms. The van der Waals surface area contributed by atoms with Gasteiger partial charge in [0, 0.05) is 11.8 Å². The van der Waals surface area contributed by atoms with Crippen molar-refractivity contribution in [1.82, 2.24) is 0 Å². The number of Topliss-reactive ketones (excluding diaryl/α,β-unsaturated/α-hetero) is 1. The summed E-state index contributed by atoms with van der Waals surface area (Å²) >= 11 is 0. The summed E-state index contributed by atoms with van der Waals surface area (Å²) in [5.41, 5.74) is 0.233. The predicted molar refractivity (Wildman–Crippen MR) is 39.8 cm³/mol. The highest BCUT2D eigenvalue weighted by atomic mass is 16.1. The van der Waals surface area contributed by atoms with Crippen LogP contribution in [-0.2, 0) is 4.79 Å². The van der Waals surface area contributed by atoms with E-state index in [2.05, 4.69) is 0 Å². The number of ketones is 1. The van der Waals surface area contributed by atoms with E-state index in [0.717, 1.165) is 6.42 Å². The summed E-state index contributed by atoms with van der Waals surface area (Å²) in [6, 6.07) is 0. The van der Waals surface area contributed by atoms with Crippen LogP contribution >= 0.6 is 0 Å². The average molecular weight is 138 g/mol. The van der Waals surface area contributed by atoms with Gasteiger partial charge in [-0.25, -0.2) is 0 Å². The molecule has 0 radical (unpaired) electrons. The normalized spacial score (nSPS) is 30.2. The van der Waals surface area contributed by atoms with Crippen LogP contribution in [0.5, 0.6) is 0 Å². The molecule has 56 valence electrons. The molecule has 1 heteroatoms. The Balaban J connectivity index is 2.01. The number of carbonyl (C=O) groups is 1. The standard InChI is InChI=1S/C9H14O/c10-8-7-9(8)5-3-1-2-4-6-9/h1-7H2. The van der Waals surface area contributed by atoms with Gasteiger partial charge in [-0.1, -0.05) is 25.7 Å². The second-order valence-corrected chi connectivity index (χ2v) is 3.79. The topological polar surface area (TPSA) is 17.1 Å². The van der Waals surface area contributed by atoms with E-state index < -0.39 is 0 Å². The predicted octanol–water partition coefficient (Wildman–Crippen LogP) is 2.30. The van der Waals surface area contributed by atoms with Gasteiger partial charge >= 0.3 is 0 Å². The van der Waals surface area contributed by atoms with Gasteiger partial charge in [-0.3, -0.25) is 4.79 Å². The van der Waals surface area contributed by atoms with Crippen LogP contribution in [-0.4, -0.2) is 5.78 Å². The van der Waals surface area contributed by atoms with Gasteiger partial charge in [0.1, 0.15) is 5.78 Å². The lowest BCUT2D eigenvalue weighted by Gasteiger charge is -2.05. The summed E-state index contributed by atoms with van der Waals surface area (Å²) in [5.74, 6) is 0.550. The highest BCUT2D eigenvalue weighted by molar-refractivity contribution is 6.00. The molecule has 2 aliphatic rings. The molecule has 2 saturated carbocycles. The summed E-state index contributed by atoms with van der Waals surface area (Å²) in [5, 5.41) is 0. The Kier molecular flexibility index (Phi) is 1.33. The van der Waals surface area contributed by atoms with E-state index in [1.54, 1.807) is 0 Å². The third kappa shape index (κ3) is 0.882. The van der Waals surface area contributed by atoms with Crippen molar-refractivity contribution in [3.8, 4) is 0 Å². The summed E-state index contributed by atoms with van der Waals surface area (Å²) in [7, 11) is 0. The highest BCUT2D eigenvalue weighted by Gasteiger charge is 2.52. The number of hydrogen-bond donors (Lipinski definition) is 0. The van der Waals surface area contributed by atoms with E-state index in [9.17, 15) is 4.79 Å². The molecule has 1 spiro atoms. The first-order chi connectivity index (χ1) is 4.83. The molecule has 1 nitrogen and oxygen atoms in total. The zero-order valence-corrected chi connectivity index (χ0v) is 6.36. The van der Waals surface area contributed by atoms with Crippen LogP contribution in [0.1, 0.15) is 44.9 Å². The van der Waals surface area contributed by atoms with Gasteiger partial charge in [0.05, 0.1) is 0 Å². The van der Waals surface area contributed by atoms with Crippen molar-refractivity contribution in [1.29, 1.82) is 0 Å². The third-order valence-corrected chi connectivity index (χ3v) is 3.03. The van der Waals surface area contributed by atoms with E-state index in [4.69, 9.17) is 0 Å². The van der Waals surface area contributed by atoms with Gasteiger partial charge in [-0.15, -0.1) is 0 Å². The SMILES string of the molecule is O=C1CC12CCCCCC2. The van der Waals surface area contributed by atoms with Gasteiger partial charge in [0.15, 0.2) is 0 Å². The molecule has 2 aliphatic carbocycles. The lowest BCUT2D eigenvalue weighted by Crippen LogP contribution is -2.00. The second kappa shape index (κ2) is 2.08. The molecule has 0 unspecified atom stereocenters. The quantitative estimate of drug-likeness (QED) is 0.502. The molecular weight excluding hydrogens is 124 g/mol. The number of carbonyl (C=O) groups excluding carboxylic acids is 1. The Labute approximate surface area is 61.8 Å².